The van der Waals surface area contributed by atoms with Crippen LogP contribution in [0.1, 0.15) is 42.9 Å². The number of carbonyl (C=O) groups excluding carboxylic acids is 2. The van der Waals surface area contributed by atoms with Gasteiger partial charge in [0.2, 0.25) is 15.9 Å². The monoisotopic (exact) mass is 485 g/mol. The second-order valence-corrected chi connectivity index (χ2v) is 11.0. The molecule has 182 valence electrons. The Kier molecular flexibility index (Phi) is 6.69. The highest BCUT2D eigenvalue weighted by molar-refractivity contribution is 7.89. The molecule has 2 aliphatic rings. The summed E-state index contributed by atoms with van der Waals surface area (Å²) in [5.41, 5.74) is 4.03. The number of sulfonamides is 1. The minimum absolute atomic E-state index is 0.0833. The van der Waals surface area contributed by atoms with E-state index < -0.39 is 16.1 Å². The molecule has 34 heavy (non-hydrogen) atoms. The molecule has 1 atom stereocenters. The highest BCUT2D eigenvalue weighted by Crippen LogP contribution is 2.36. The highest BCUT2D eigenvalue weighted by atomic mass is 32.2. The number of anilines is 2. The van der Waals surface area contributed by atoms with Gasteiger partial charge in [-0.25, -0.2) is 8.42 Å². The molecule has 8 nitrogen and oxygen atoms in total. The van der Waals surface area contributed by atoms with Crippen molar-refractivity contribution >= 4 is 33.2 Å². The maximum atomic E-state index is 13.4. The van der Waals surface area contributed by atoms with E-state index in [0.717, 1.165) is 16.8 Å². The van der Waals surface area contributed by atoms with Crippen LogP contribution in [0.2, 0.25) is 0 Å². The number of ether oxygens (including phenoxy) is 1. The molecule has 2 aliphatic heterocycles. The van der Waals surface area contributed by atoms with Gasteiger partial charge in [-0.05, 0) is 74.9 Å². The summed E-state index contributed by atoms with van der Waals surface area (Å²) in [4.78, 5) is 25.0. The molecular formula is C25H31N3O5S. The van der Waals surface area contributed by atoms with Gasteiger partial charge in [0, 0.05) is 30.8 Å². The number of fused-ring (bicyclic) bond motifs is 1. The minimum atomic E-state index is -3.77. The predicted octanol–water partition coefficient (Wildman–Crippen LogP) is 3.76. The summed E-state index contributed by atoms with van der Waals surface area (Å²) in [7, 11) is -3.77. The molecule has 2 heterocycles. The van der Waals surface area contributed by atoms with Crippen molar-refractivity contribution in [2.45, 2.75) is 58.0 Å². The van der Waals surface area contributed by atoms with Crippen LogP contribution in [-0.4, -0.2) is 43.7 Å². The summed E-state index contributed by atoms with van der Waals surface area (Å²) < 4.78 is 34.0. The summed E-state index contributed by atoms with van der Waals surface area (Å²) in [6.45, 7) is 8.08. The Balaban J connectivity index is 1.45. The first kappa shape index (κ1) is 24.2. The SMILES string of the molecule is CC[C@@H]1Oc2cc(S(=O)(=O)N3CCC(C(=O)Nc4ccc(C)c(C)c4)CC3)c(C)cc2NC1=O. The standard InChI is InChI=1S/C25H31N3O5S/c1-5-21-25(30)27-20-13-17(4)23(14-22(20)33-21)34(31,32)28-10-8-18(9-11-28)24(29)26-19-7-6-15(2)16(3)12-19/h6-7,12-14,18,21H,5,8-11H2,1-4H3,(H,26,29)(H,27,30)/t21-/m0/s1. The van der Waals surface area contributed by atoms with Crippen LogP contribution in [0, 0.1) is 26.7 Å². The minimum Gasteiger partial charge on any atom is -0.478 e. The number of amides is 2. The summed E-state index contributed by atoms with van der Waals surface area (Å²) in [6, 6.07) is 8.93. The molecule has 0 aliphatic carbocycles. The average molecular weight is 486 g/mol. The van der Waals surface area contributed by atoms with Gasteiger partial charge in [0.25, 0.3) is 5.91 Å². The first-order chi connectivity index (χ1) is 16.1. The van der Waals surface area contributed by atoms with Crippen molar-refractivity contribution in [3.8, 4) is 5.75 Å². The summed E-state index contributed by atoms with van der Waals surface area (Å²) in [5, 5.41) is 5.75. The zero-order valence-corrected chi connectivity index (χ0v) is 20.8. The van der Waals surface area contributed by atoms with Gasteiger partial charge < -0.3 is 15.4 Å². The quantitative estimate of drug-likeness (QED) is 0.671. The van der Waals surface area contributed by atoms with Crippen LogP contribution in [0.3, 0.4) is 0 Å². The molecule has 0 unspecified atom stereocenters. The van der Waals surface area contributed by atoms with Crippen LogP contribution < -0.4 is 15.4 Å². The molecular weight excluding hydrogens is 454 g/mol. The Morgan fingerprint density at radius 1 is 1.09 bits per heavy atom. The fourth-order valence-corrected chi connectivity index (χ4v) is 6.08. The van der Waals surface area contributed by atoms with E-state index in [1.807, 2.05) is 39.0 Å². The fraction of sp³-hybridized carbons (Fsp3) is 0.440. The Bertz CT molecular complexity index is 1230. The Morgan fingerprint density at radius 3 is 2.44 bits per heavy atom. The average Bonchev–Trinajstić information content (AvgIpc) is 2.80. The highest BCUT2D eigenvalue weighted by Gasteiger charge is 2.35. The molecule has 0 bridgehead atoms. The molecule has 2 aromatic rings. The van der Waals surface area contributed by atoms with Crippen LogP contribution in [0.5, 0.6) is 5.75 Å². The second kappa shape index (κ2) is 9.38. The maximum Gasteiger partial charge on any atom is 0.265 e. The summed E-state index contributed by atoms with van der Waals surface area (Å²) >= 11 is 0. The lowest BCUT2D eigenvalue weighted by atomic mass is 9.97. The summed E-state index contributed by atoms with van der Waals surface area (Å²) in [5.74, 6) is -0.203. The zero-order valence-electron chi connectivity index (χ0n) is 20.0. The number of carbonyl (C=O) groups is 2. The maximum absolute atomic E-state index is 13.4. The van der Waals surface area contributed by atoms with E-state index in [4.69, 9.17) is 4.74 Å². The van der Waals surface area contributed by atoms with Crippen LogP contribution in [-0.2, 0) is 19.6 Å². The van der Waals surface area contributed by atoms with Crippen molar-refractivity contribution in [1.82, 2.24) is 4.31 Å². The fourth-order valence-electron chi connectivity index (χ4n) is 4.39. The van der Waals surface area contributed by atoms with Crippen LogP contribution in [0.25, 0.3) is 0 Å². The van der Waals surface area contributed by atoms with Gasteiger partial charge in [0.05, 0.1) is 10.6 Å². The molecule has 0 aromatic heterocycles. The van der Waals surface area contributed by atoms with E-state index >= 15 is 0 Å². The van der Waals surface area contributed by atoms with Crippen molar-refractivity contribution in [2.24, 2.45) is 5.92 Å². The number of piperidine rings is 1. The van der Waals surface area contributed by atoms with Crippen molar-refractivity contribution in [1.29, 1.82) is 0 Å². The van der Waals surface area contributed by atoms with Gasteiger partial charge in [-0.2, -0.15) is 4.31 Å². The lowest BCUT2D eigenvalue weighted by Gasteiger charge is -2.32. The van der Waals surface area contributed by atoms with Crippen LogP contribution >= 0.6 is 0 Å². The van der Waals surface area contributed by atoms with Gasteiger partial charge in [0.15, 0.2) is 6.10 Å². The number of rotatable bonds is 5. The first-order valence-electron chi connectivity index (χ1n) is 11.6. The lowest BCUT2D eigenvalue weighted by molar-refractivity contribution is -0.123. The number of benzene rings is 2. The summed E-state index contributed by atoms with van der Waals surface area (Å²) in [6.07, 6.45) is 0.741. The Morgan fingerprint density at radius 2 is 1.79 bits per heavy atom. The number of aryl methyl sites for hydroxylation is 3. The topological polar surface area (TPSA) is 105 Å². The molecule has 0 radical (unpaired) electrons. The lowest BCUT2D eigenvalue weighted by Crippen LogP contribution is -2.41. The third-order valence-corrected chi connectivity index (χ3v) is 8.73. The van der Waals surface area contributed by atoms with E-state index in [1.54, 1.807) is 13.0 Å². The number of nitrogens with zero attached hydrogens (tertiary/aromatic N) is 1. The van der Waals surface area contributed by atoms with E-state index in [-0.39, 0.29) is 35.7 Å². The van der Waals surface area contributed by atoms with Crippen molar-refractivity contribution < 1.29 is 22.7 Å². The van der Waals surface area contributed by atoms with Crippen LogP contribution in [0.4, 0.5) is 11.4 Å². The zero-order chi connectivity index (χ0) is 24.6. The van der Waals surface area contributed by atoms with E-state index in [2.05, 4.69) is 10.6 Å². The molecule has 1 fully saturated rings. The van der Waals surface area contributed by atoms with E-state index in [9.17, 15) is 18.0 Å². The van der Waals surface area contributed by atoms with Gasteiger partial charge in [-0.3, -0.25) is 9.59 Å². The van der Waals surface area contributed by atoms with Gasteiger partial charge in [-0.15, -0.1) is 0 Å². The molecule has 0 saturated carbocycles. The number of hydrogen-bond acceptors (Lipinski definition) is 5. The molecule has 9 heteroatoms. The molecule has 2 amide bonds. The Hall–Kier alpha value is -2.91. The van der Waals surface area contributed by atoms with Crippen molar-refractivity contribution in [3.63, 3.8) is 0 Å². The van der Waals surface area contributed by atoms with Gasteiger partial charge in [-0.1, -0.05) is 13.0 Å². The number of nitrogens with one attached hydrogen (secondary N) is 2. The third-order valence-electron chi connectivity index (χ3n) is 6.68. The predicted molar refractivity (Wildman–Crippen MR) is 131 cm³/mol. The first-order valence-corrected chi connectivity index (χ1v) is 13.0. The van der Waals surface area contributed by atoms with Crippen molar-refractivity contribution in [2.75, 3.05) is 23.7 Å². The largest absolute Gasteiger partial charge is 0.478 e. The van der Waals surface area contributed by atoms with E-state index in [0.29, 0.717) is 36.3 Å². The number of hydrogen-bond donors (Lipinski definition) is 2. The molecule has 1 saturated heterocycles. The van der Waals surface area contributed by atoms with Crippen LogP contribution in [0.15, 0.2) is 35.2 Å². The van der Waals surface area contributed by atoms with Gasteiger partial charge in [0.1, 0.15) is 5.75 Å². The Labute approximate surface area is 200 Å². The molecule has 4 rings (SSSR count). The van der Waals surface area contributed by atoms with E-state index in [1.165, 1.54) is 10.4 Å². The molecule has 2 N–H and O–H groups in total. The smallest absolute Gasteiger partial charge is 0.265 e. The molecule has 2 aromatic carbocycles. The molecule has 0 spiro atoms. The normalized spacial score (nSPS) is 19.2. The van der Waals surface area contributed by atoms with Gasteiger partial charge >= 0.3 is 0 Å². The third kappa shape index (κ3) is 4.67. The second-order valence-electron chi connectivity index (χ2n) is 9.08. The van der Waals surface area contributed by atoms with Crippen molar-refractivity contribution in [3.05, 3.63) is 47.0 Å².